The molecule has 23 heavy (non-hydrogen) atoms. The molecule has 0 fully saturated rings. The first-order chi connectivity index (χ1) is 11.1. The molecule has 0 aliphatic heterocycles. The third-order valence-corrected chi connectivity index (χ3v) is 3.83. The summed E-state index contributed by atoms with van der Waals surface area (Å²) in [4.78, 5) is 0. The molecule has 0 saturated carbocycles. The van der Waals surface area contributed by atoms with Crippen LogP contribution in [-0.4, -0.2) is 16.0 Å². The molecule has 5 heteroatoms. The van der Waals surface area contributed by atoms with Crippen LogP contribution < -0.4 is 5.43 Å². The number of aryl methyl sites for hydroxylation is 1. The van der Waals surface area contributed by atoms with Crippen molar-refractivity contribution in [3.8, 4) is 5.69 Å². The second-order valence-electron chi connectivity index (χ2n) is 5.21. The topological polar surface area (TPSA) is 42.2 Å². The lowest BCUT2D eigenvalue weighted by Crippen LogP contribution is -1.99. The van der Waals surface area contributed by atoms with Gasteiger partial charge in [0, 0.05) is 10.6 Å². The zero-order valence-corrected chi connectivity index (χ0v) is 13.7. The smallest absolute Gasteiger partial charge is 0.0689 e. The van der Waals surface area contributed by atoms with Crippen molar-refractivity contribution in [2.75, 3.05) is 5.43 Å². The molecule has 3 rings (SSSR count). The van der Waals surface area contributed by atoms with Gasteiger partial charge in [0.05, 0.1) is 29.0 Å². The van der Waals surface area contributed by atoms with Gasteiger partial charge in [-0.05, 0) is 50.2 Å². The minimum atomic E-state index is 0.704. The molecule has 2 aromatic carbocycles. The number of hydrogen-bond donors (Lipinski definition) is 1. The zero-order chi connectivity index (χ0) is 16.2. The molecule has 0 unspecified atom stereocenters. The third-order valence-electron chi connectivity index (χ3n) is 3.58. The van der Waals surface area contributed by atoms with E-state index in [1.54, 1.807) is 6.21 Å². The van der Waals surface area contributed by atoms with Crippen LogP contribution in [0.4, 0.5) is 5.69 Å². The Morgan fingerprint density at radius 3 is 2.43 bits per heavy atom. The average molecular weight is 325 g/mol. The summed E-state index contributed by atoms with van der Waals surface area (Å²) in [7, 11) is 0. The maximum absolute atomic E-state index is 5.87. The fraction of sp³-hybridized carbons (Fsp3) is 0.111. The van der Waals surface area contributed by atoms with Crippen LogP contribution in [0.2, 0.25) is 5.02 Å². The lowest BCUT2D eigenvalue weighted by atomic mass is 10.2. The summed E-state index contributed by atoms with van der Waals surface area (Å²) in [6.07, 6.45) is 1.80. The predicted molar refractivity (Wildman–Crippen MR) is 95.7 cm³/mol. The number of benzene rings is 2. The number of rotatable bonds is 4. The van der Waals surface area contributed by atoms with Crippen molar-refractivity contribution in [2.45, 2.75) is 13.8 Å². The van der Waals surface area contributed by atoms with Crippen LogP contribution in [0.25, 0.3) is 5.69 Å². The van der Waals surface area contributed by atoms with Gasteiger partial charge in [0.15, 0.2) is 0 Å². The van der Waals surface area contributed by atoms with E-state index >= 15 is 0 Å². The van der Waals surface area contributed by atoms with Gasteiger partial charge in [-0.1, -0.05) is 29.8 Å². The Bertz CT molecular complexity index is 820. The number of hydrogen-bond acceptors (Lipinski definition) is 3. The van der Waals surface area contributed by atoms with E-state index in [0.717, 1.165) is 28.3 Å². The van der Waals surface area contributed by atoms with Gasteiger partial charge in [-0.25, -0.2) is 4.68 Å². The van der Waals surface area contributed by atoms with E-state index in [2.05, 4.69) is 15.6 Å². The van der Waals surface area contributed by atoms with Gasteiger partial charge in [0.25, 0.3) is 0 Å². The molecule has 0 atom stereocenters. The first-order valence-corrected chi connectivity index (χ1v) is 7.69. The summed E-state index contributed by atoms with van der Waals surface area (Å²) in [5.41, 5.74) is 7.92. The Balaban J connectivity index is 1.82. The fourth-order valence-corrected chi connectivity index (χ4v) is 2.48. The number of halogens is 1. The van der Waals surface area contributed by atoms with Gasteiger partial charge >= 0.3 is 0 Å². The number of nitrogens with zero attached hydrogens (tertiary/aromatic N) is 3. The summed E-state index contributed by atoms with van der Waals surface area (Å²) in [6.45, 7) is 4.02. The zero-order valence-electron chi connectivity index (χ0n) is 13.0. The molecule has 0 aliphatic rings. The highest BCUT2D eigenvalue weighted by atomic mass is 35.5. The first-order valence-electron chi connectivity index (χ1n) is 7.31. The Morgan fingerprint density at radius 2 is 1.74 bits per heavy atom. The average Bonchev–Trinajstić information content (AvgIpc) is 2.85. The molecule has 0 radical (unpaired) electrons. The van der Waals surface area contributed by atoms with Gasteiger partial charge in [-0.15, -0.1) is 0 Å². The summed E-state index contributed by atoms with van der Waals surface area (Å²) in [5.74, 6) is 0. The Kier molecular flexibility index (Phi) is 4.44. The van der Waals surface area contributed by atoms with Crippen LogP contribution in [0, 0.1) is 13.8 Å². The van der Waals surface area contributed by atoms with E-state index in [4.69, 9.17) is 11.6 Å². The highest BCUT2D eigenvalue weighted by Gasteiger charge is 2.10. The second kappa shape index (κ2) is 6.67. The first kappa shape index (κ1) is 15.3. The molecule has 4 nitrogen and oxygen atoms in total. The molecule has 1 heterocycles. The van der Waals surface area contributed by atoms with Crippen molar-refractivity contribution < 1.29 is 0 Å². The third kappa shape index (κ3) is 3.43. The van der Waals surface area contributed by atoms with Gasteiger partial charge in [0.2, 0.25) is 0 Å². The summed E-state index contributed by atoms with van der Waals surface area (Å²) in [5, 5.41) is 9.60. The van der Waals surface area contributed by atoms with Gasteiger partial charge < -0.3 is 0 Å². The van der Waals surface area contributed by atoms with Crippen LogP contribution in [0.15, 0.2) is 59.7 Å². The Morgan fingerprint density at radius 1 is 1.04 bits per heavy atom. The lowest BCUT2D eigenvalue weighted by molar-refractivity contribution is 0.833. The number of anilines is 1. The molecule has 1 N–H and O–H groups in total. The van der Waals surface area contributed by atoms with Crippen molar-refractivity contribution in [2.24, 2.45) is 5.10 Å². The van der Waals surface area contributed by atoms with E-state index in [9.17, 15) is 0 Å². The van der Waals surface area contributed by atoms with E-state index in [-0.39, 0.29) is 0 Å². The monoisotopic (exact) mass is 324 g/mol. The minimum absolute atomic E-state index is 0.704. The molecule has 0 bridgehead atoms. The summed E-state index contributed by atoms with van der Waals surface area (Å²) in [6, 6.07) is 17.5. The fourth-order valence-electron chi connectivity index (χ4n) is 2.36. The van der Waals surface area contributed by atoms with Crippen molar-refractivity contribution in [3.05, 3.63) is 76.6 Å². The maximum atomic E-state index is 5.87. The molecule has 0 spiro atoms. The molecule has 1 aromatic heterocycles. The van der Waals surface area contributed by atoms with E-state index < -0.39 is 0 Å². The van der Waals surface area contributed by atoms with Crippen molar-refractivity contribution >= 4 is 23.5 Å². The summed E-state index contributed by atoms with van der Waals surface area (Å²) >= 11 is 5.87. The Labute approximate surface area is 140 Å². The van der Waals surface area contributed by atoms with Crippen molar-refractivity contribution in [1.29, 1.82) is 0 Å². The second-order valence-corrected chi connectivity index (χ2v) is 5.65. The van der Waals surface area contributed by atoms with E-state index in [0.29, 0.717) is 5.02 Å². The van der Waals surface area contributed by atoms with E-state index in [1.165, 1.54) is 0 Å². The molecular formula is C18H17ClN4. The molecule has 0 saturated heterocycles. The number of hydrazone groups is 1. The Hall–Kier alpha value is -2.59. The van der Waals surface area contributed by atoms with Gasteiger partial charge in [-0.3, -0.25) is 5.43 Å². The molecule has 116 valence electrons. The molecule has 0 aliphatic carbocycles. The van der Waals surface area contributed by atoms with Crippen LogP contribution in [0.3, 0.4) is 0 Å². The van der Waals surface area contributed by atoms with Crippen LogP contribution in [0.1, 0.15) is 17.0 Å². The highest BCUT2D eigenvalue weighted by molar-refractivity contribution is 6.30. The van der Waals surface area contributed by atoms with Crippen molar-refractivity contribution in [3.63, 3.8) is 0 Å². The standard InChI is InChI=1S/C18H17ClN4/c1-13-18(12-20-21-16-10-8-15(19)9-11-16)14(2)23(22-13)17-6-4-3-5-7-17/h3-12,21H,1-2H3/b20-12-. The number of para-hydroxylation sites is 1. The van der Waals surface area contributed by atoms with Crippen LogP contribution in [0.5, 0.6) is 0 Å². The van der Waals surface area contributed by atoms with Gasteiger partial charge in [-0.2, -0.15) is 10.2 Å². The molecular weight excluding hydrogens is 308 g/mol. The molecule has 0 amide bonds. The van der Waals surface area contributed by atoms with Crippen molar-refractivity contribution in [1.82, 2.24) is 9.78 Å². The van der Waals surface area contributed by atoms with Gasteiger partial charge in [0.1, 0.15) is 0 Å². The van der Waals surface area contributed by atoms with E-state index in [1.807, 2.05) is 73.1 Å². The molecule has 3 aromatic rings. The lowest BCUT2D eigenvalue weighted by Gasteiger charge is -2.03. The normalized spacial score (nSPS) is 11.1. The predicted octanol–water partition coefficient (Wildman–Crippen LogP) is 4.59. The van der Waals surface area contributed by atoms with Crippen LogP contribution >= 0.6 is 11.6 Å². The van der Waals surface area contributed by atoms with Crippen LogP contribution in [-0.2, 0) is 0 Å². The SMILES string of the molecule is Cc1nn(-c2ccccc2)c(C)c1/C=N\Nc1ccc(Cl)cc1. The number of nitrogens with one attached hydrogen (secondary N) is 1. The summed E-state index contributed by atoms with van der Waals surface area (Å²) < 4.78 is 1.93. The highest BCUT2D eigenvalue weighted by Crippen LogP contribution is 2.17. The quantitative estimate of drug-likeness (QED) is 0.563. The number of aromatic nitrogens is 2. The largest absolute Gasteiger partial charge is 0.279 e. The minimum Gasteiger partial charge on any atom is -0.279 e. The maximum Gasteiger partial charge on any atom is 0.0689 e.